The second-order valence-corrected chi connectivity index (χ2v) is 6.14. The summed E-state index contributed by atoms with van der Waals surface area (Å²) >= 11 is 1.16. The SMILES string of the molecule is N/C(=N/CC(F)(F)F)NCCCCc1csc(N/C(N)=N\CC(F)(F)F)n1. The summed E-state index contributed by atoms with van der Waals surface area (Å²) in [5, 5.41) is 7.08. The van der Waals surface area contributed by atoms with Gasteiger partial charge in [-0.25, -0.2) is 15.0 Å². The Morgan fingerprint density at radius 1 is 1.00 bits per heavy atom. The Balaban J connectivity index is 2.27. The van der Waals surface area contributed by atoms with Gasteiger partial charge in [-0.1, -0.05) is 0 Å². The van der Waals surface area contributed by atoms with E-state index in [9.17, 15) is 26.3 Å². The van der Waals surface area contributed by atoms with Gasteiger partial charge < -0.3 is 22.1 Å². The van der Waals surface area contributed by atoms with Gasteiger partial charge in [0.25, 0.3) is 0 Å². The molecule has 7 nitrogen and oxygen atoms in total. The average Bonchev–Trinajstić information content (AvgIpc) is 2.96. The zero-order valence-electron chi connectivity index (χ0n) is 14.0. The summed E-state index contributed by atoms with van der Waals surface area (Å²) in [7, 11) is 0. The molecule has 0 saturated carbocycles. The molecule has 0 unspecified atom stereocenters. The number of anilines is 1. The van der Waals surface area contributed by atoms with Crippen molar-refractivity contribution in [3.05, 3.63) is 11.1 Å². The standard InChI is InChI=1S/C13H19F6N7S/c14-12(15,16)6-23-9(20)22-4-2-1-3-8-5-27-11(25-8)26-10(21)24-7-13(17,18)19/h5H,1-4,6-7H2,(H3,20,22,23)(H3,21,24,25,26). The molecule has 0 bridgehead atoms. The highest BCUT2D eigenvalue weighted by atomic mass is 32.1. The Morgan fingerprint density at radius 2 is 1.59 bits per heavy atom. The molecule has 0 aliphatic carbocycles. The predicted octanol–water partition coefficient (Wildman–Crippen LogP) is 2.22. The van der Waals surface area contributed by atoms with Crippen molar-refractivity contribution in [2.24, 2.45) is 21.5 Å². The number of halogens is 6. The van der Waals surface area contributed by atoms with Gasteiger partial charge in [-0.05, 0) is 19.3 Å². The molecule has 6 N–H and O–H groups in total. The summed E-state index contributed by atoms with van der Waals surface area (Å²) in [5.74, 6) is -0.660. The van der Waals surface area contributed by atoms with E-state index in [0.717, 1.165) is 11.3 Å². The molecule has 27 heavy (non-hydrogen) atoms. The number of rotatable bonds is 8. The number of nitrogens with one attached hydrogen (secondary N) is 2. The van der Waals surface area contributed by atoms with E-state index in [1.807, 2.05) is 0 Å². The number of thiazole rings is 1. The van der Waals surface area contributed by atoms with Crippen molar-refractivity contribution in [1.82, 2.24) is 10.3 Å². The molecule has 0 fully saturated rings. The quantitative estimate of drug-likeness (QED) is 0.223. The van der Waals surface area contributed by atoms with E-state index in [1.165, 1.54) is 0 Å². The van der Waals surface area contributed by atoms with E-state index in [0.29, 0.717) is 36.6 Å². The summed E-state index contributed by atoms with van der Waals surface area (Å²) in [4.78, 5) is 10.5. The number of alkyl halides is 6. The molecule has 1 aromatic rings. The predicted molar refractivity (Wildman–Crippen MR) is 91.8 cm³/mol. The molecule has 0 aliphatic rings. The number of nitrogens with zero attached hydrogens (tertiary/aromatic N) is 3. The van der Waals surface area contributed by atoms with E-state index in [-0.39, 0.29) is 11.9 Å². The van der Waals surface area contributed by atoms with Crippen LogP contribution in [0.2, 0.25) is 0 Å². The lowest BCUT2D eigenvalue weighted by atomic mass is 10.2. The van der Waals surface area contributed by atoms with Crippen LogP contribution in [0.1, 0.15) is 18.5 Å². The van der Waals surface area contributed by atoms with Gasteiger partial charge >= 0.3 is 12.4 Å². The molecule has 0 spiro atoms. The fourth-order valence-corrected chi connectivity index (χ4v) is 2.43. The molecule has 1 rings (SSSR count). The molecule has 0 aromatic carbocycles. The first-order valence-corrected chi connectivity index (χ1v) is 8.51. The van der Waals surface area contributed by atoms with Gasteiger partial charge in [0.2, 0.25) is 0 Å². The zero-order chi connectivity index (χ0) is 20.5. The lowest BCUT2D eigenvalue weighted by molar-refractivity contribution is -0.119. The van der Waals surface area contributed by atoms with Crippen LogP contribution in [0.5, 0.6) is 0 Å². The molecule has 0 amide bonds. The Labute approximate surface area is 155 Å². The van der Waals surface area contributed by atoms with Crippen LogP contribution in [0.3, 0.4) is 0 Å². The molecule has 0 radical (unpaired) electrons. The van der Waals surface area contributed by atoms with Crippen molar-refractivity contribution >= 4 is 28.4 Å². The summed E-state index contributed by atoms with van der Waals surface area (Å²) in [6, 6.07) is 0. The Bertz CT molecular complexity index is 638. The second-order valence-electron chi connectivity index (χ2n) is 5.29. The van der Waals surface area contributed by atoms with Crippen LogP contribution in [0.4, 0.5) is 31.5 Å². The lowest BCUT2D eigenvalue weighted by Crippen LogP contribution is -2.33. The maximum atomic E-state index is 12.0. The summed E-state index contributed by atoms with van der Waals surface area (Å²) in [6.45, 7) is -2.37. The van der Waals surface area contributed by atoms with Crippen LogP contribution in [0, 0.1) is 0 Å². The van der Waals surface area contributed by atoms with Gasteiger partial charge in [-0.2, -0.15) is 26.3 Å². The van der Waals surface area contributed by atoms with E-state index in [2.05, 4.69) is 25.6 Å². The van der Waals surface area contributed by atoms with Crippen LogP contribution in [0.25, 0.3) is 0 Å². The topological polar surface area (TPSA) is 114 Å². The molecule has 0 saturated heterocycles. The Morgan fingerprint density at radius 3 is 2.19 bits per heavy atom. The van der Waals surface area contributed by atoms with E-state index in [4.69, 9.17) is 11.5 Å². The van der Waals surface area contributed by atoms with Crippen LogP contribution >= 0.6 is 11.3 Å². The van der Waals surface area contributed by atoms with Gasteiger partial charge in [0.05, 0.1) is 5.69 Å². The number of aryl methyl sites for hydroxylation is 1. The van der Waals surface area contributed by atoms with Crippen molar-refractivity contribution in [2.75, 3.05) is 25.0 Å². The van der Waals surface area contributed by atoms with E-state index in [1.54, 1.807) is 5.38 Å². The Hall–Kier alpha value is -2.25. The average molecular weight is 419 g/mol. The molecule has 154 valence electrons. The molecule has 0 atom stereocenters. The third-order valence-corrected chi connectivity index (χ3v) is 3.62. The molecule has 14 heteroatoms. The van der Waals surface area contributed by atoms with Gasteiger partial charge in [-0.3, -0.25) is 0 Å². The van der Waals surface area contributed by atoms with Gasteiger partial charge in [0.1, 0.15) is 13.1 Å². The first kappa shape index (κ1) is 22.8. The highest BCUT2D eigenvalue weighted by molar-refractivity contribution is 7.13. The molecular formula is C13H19F6N7S. The van der Waals surface area contributed by atoms with Crippen LogP contribution in [0.15, 0.2) is 15.4 Å². The van der Waals surface area contributed by atoms with Crippen LogP contribution in [-0.2, 0) is 6.42 Å². The normalized spacial score (nSPS) is 13.7. The number of aliphatic imine (C=N–C) groups is 2. The zero-order valence-corrected chi connectivity index (χ0v) is 14.8. The fraction of sp³-hybridized carbons (Fsp3) is 0.615. The number of aromatic nitrogens is 1. The van der Waals surface area contributed by atoms with Crippen molar-refractivity contribution in [3.8, 4) is 0 Å². The fourth-order valence-electron chi connectivity index (χ4n) is 1.68. The minimum absolute atomic E-state index is 0.277. The molecule has 0 aliphatic heterocycles. The van der Waals surface area contributed by atoms with E-state index >= 15 is 0 Å². The summed E-state index contributed by atoms with van der Waals surface area (Å²) in [6.07, 6.45) is -6.99. The van der Waals surface area contributed by atoms with Crippen molar-refractivity contribution in [3.63, 3.8) is 0 Å². The maximum absolute atomic E-state index is 12.0. The largest absolute Gasteiger partial charge is 0.408 e. The van der Waals surface area contributed by atoms with Crippen molar-refractivity contribution in [2.45, 2.75) is 31.6 Å². The maximum Gasteiger partial charge on any atom is 0.408 e. The third kappa shape index (κ3) is 11.9. The first-order valence-electron chi connectivity index (χ1n) is 7.63. The number of hydrogen-bond donors (Lipinski definition) is 4. The first-order chi connectivity index (χ1) is 12.4. The number of nitrogens with two attached hydrogens (primary N) is 2. The van der Waals surface area contributed by atoms with Crippen LogP contribution < -0.4 is 22.1 Å². The minimum Gasteiger partial charge on any atom is -0.370 e. The minimum atomic E-state index is -4.44. The lowest BCUT2D eigenvalue weighted by Gasteiger charge is -2.06. The van der Waals surface area contributed by atoms with Gasteiger partial charge in [0.15, 0.2) is 17.1 Å². The Kier molecular flexibility index (Phi) is 8.59. The van der Waals surface area contributed by atoms with Crippen molar-refractivity contribution < 1.29 is 26.3 Å². The highest BCUT2D eigenvalue weighted by Gasteiger charge is 2.27. The number of guanidine groups is 2. The molecule has 1 aromatic heterocycles. The van der Waals surface area contributed by atoms with E-state index < -0.39 is 25.4 Å². The number of hydrogen-bond acceptors (Lipinski definition) is 4. The smallest absolute Gasteiger partial charge is 0.370 e. The summed E-state index contributed by atoms with van der Waals surface area (Å²) in [5.41, 5.74) is 11.3. The monoisotopic (exact) mass is 419 g/mol. The van der Waals surface area contributed by atoms with Crippen molar-refractivity contribution in [1.29, 1.82) is 0 Å². The number of unbranched alkanes of at least 4 members (excludes halogenated alkanes) is 1. The molecular weight excluding hydrogens is 400 g/mol. The third-order valence-electron chi connectivity index (χ3n) is 2.81. The van der Waals surface area contributed by atoms with Crippen LogP contribution in [-0.4, -0.2) is 48.9 Å². The second kappa shape index (κ2) is 10.2. The highest BCUT2D eigenvalue weighted by Crippen LogP contribution is 2.18. The van der Waals surface area contributed by atoms with Gasteiger partial charge in [-0.15, -0.1) is 11.3 Å². The molecule has 1 heterocycles. The van der Waals surface area contributed by atoms with Gasteiger partial charge in [0, 0.05) is 11.9 Å². The summed E-state index contributed by atoms with van der Waals surface area (Å²) < 4.78 is 72.0.